The third kappa shape index (κ3) is 1.56. The van der Waals surface area contributed by atoms with Crippen molar-refractivity contribution in [1.82, 2.24) is 0 Å². The van der Waals surface area contributed by atoms with Gasteiger partial charge in [0.2, 0.25) is 0 Å². The monoisotopic (exact) mass is 114 g/mol. The molecule has 0 heterocycles. The molecule has 0 aromatic carbocycles. The van der Waals surface area contributed by atoms with E-state index < -0.39 is 11.0 Å². The Balaban J connectivity index is 3.76. The molecule has 0 spiro atoms. The standard InChI is InChI=1S/C4H6N2O2/c1-2-4(3-5)6(7)8/h4H,2H2,1H3. The van der Waals surface area contributed by atoms with Crippen molar-refractivity contribution in [2.75, 3.05) is 0 Å². The number of nitro groups is 1. The molecule has 0 saturated heterocycles. The van der Waals surface area contributed by atoms with Gasteiger partial charge in [0.15, 0.2) is 0 Å². The molecule has 4 nitrogen and oxygen atoms in total. The highest BCUT2D eigenvalue weighted by Gasteiger charge is 2.13. The summed E-state index contributed by atoms with van der Waals surface area (Å²) in [5, 5.41) is 17.7. The number of rotatable bonds is 2. The Morgan fingerprint density at radius 1 is 2.00 bits per heavy atom. The van der Waals surface area contributed by atoms with E-state index in [9.17, 15) is 10.1 Å². The van der Waals surface area contributed by atoms with Gasteiger partial charge in [-0.25, -0.2) is 0 Å². The predicted octanol–water partition coefficient (Wildman–Crippen LogP) is 0.565. The summed E-state index contributed by atoms with van der Waals surface area (Å²) < 4.78 is 0. The fraction of sp³-hybridized carbons (Fsp3) is 0.750. The lowest BCUT2D eigenvalue weighted by atomic mass is 10.3. The first-order chi connectivity index (χ1) is 3.72. The van der Waals surface area contributed by atoms with Crippen LogP contribution in [-0.2, 0) is 0 Å². The minimum absolute atomic E-state index is 0.281. The van der Waals surface area contributed by atoms with E-state index in [1.54, 1.807) is 13.0 Å². The van der Waals surface area contributed by atoms with Crippen molar-refractivity contribution >= 4 is 0 Å². The molecule has 0 bridgehead atoms. The molecular weight excluding hydrogens is 108 g/mol. The summed E-state index contributed by atoms with van der Waals surface area (Å²) in [5.41, 5.74) is 0. The summed E-state index contributed by atoms with van der Waals surface area (Å²) in [6, 6.07) is 0.534. The zero-order chi connectivity index (χ0) is 6.57. The summed E-state index contributed by atoms with van der Waals surface area (Å²) in [7, 11) is 0. The molecule has 0 aliphatic heterocycles. The van der Waals surface area contributed by atoms with Gasteiger partial charge in [-0.2, -0.15) is 5.26 Å². The van der Waals surface area contributed by atoms with Crippen LogP contribution in [0, 0.1) is 21.4 Å². The fourth-order valence-corrected chi connectivity index (χ4v) is 0.287. The van der Waals surface area contributed by atoms with E-state index in [0.29, 0.717) is 0 Å². The van der Waals surface area contributed by atoms with E-state index in [1.807, 2.05) is 0 Å². The van der Waals surface area contributed by atoms with Crippen molar-refractivity contribution in [3.8, 4) is 6.07 Å². The van der Waals surface area contributed by atoms with Crippen LogP contribution in [0.5, 0.6) is 0 Å². The first-order valence-corrected chi connectivity index (χ1v) is 2.25. The van der Waals surface area contributed by atoms with Crippen molar-refractivity contribution in [3.05, 3.63) is 10.1 Å². The Bertz CT molecular complexity index is 126. The maximum Gasteiger partial charge on any atom is 0.296 e. The van der Waals surface area contributed by atoms with Crippen molar-refractivity contribution in [1.29, 1.82) is 5.26 Å². The van der Waals surface area contributed by atoms with Gasteiger partial charge < -0.3 is 0 Å². The molecule has 0 fully saturated rings. The lowest BCUT2D eigenvalue weighted by Gasteiger charge is -1.91. The topological polar surface area (TPSA) is 66.9 Å². The van der Waals surface area contributed by atoms with Crippen LogP contribution in [0.2, 0.25) is 0 Å². The molecule has 0 aromatic rings. The zero-order valence-corrected chi connectivity index (χ0v) is 4.50. The molecule has 0 radical (unpaired) electrons. The van der Waals surface area contributed by atoms with E-state index in [1.165, 1.54) is 0 Å². The van der Waals surface area contributed by atoms with Crippen LogP contribution in [0.3, 0.4) is 0 Å². The molecule has 0 aliphatic carbocycles. The van der Waals surface area contributed by atoms with Crippen molar-refractivity contribution in [2.24, 2.45) is 0 Å². The van der Waals surface area contributed by atoms with Crippen molar-refractivity contribution in [2.45, 2.75) is 19.4 Å². The maximum atomic E-state index is 9.74. The second kappa shape index (κ2) is 2.97. The lowest BCUT2D eigenvalue weighted by molar-refractivity contribution is -0.507. The van der Waals surface area contributed by atoms with Crippen LogP contribution in [0.15, 0.2) is 0 Å². The first-order valence-electron chi connectivity index (χ1n) is 2.25. The first kappa shape index (κ1) is 6.89. The van der Waals surface area contributed by atoms with E-state index >= 15 is 0 Å². The number of nitriles is 1. The number of nitrogens with zero attached hydrogens (tertiary/aromatic N) is 2. The summed E-state index contributed by atoms with van der Waals surface area (Å²) in [6.45, 7) is 1.61. The highest BCUT2D eigenvalue weighted by atomic mass is 16.6. The normalized spacial score (nSPS) is 12.0. The van der Waals surface area contributed by atoms with Gasteiger partial charge in [0.25, 0.3) is 6.04 Å². The summed E-state index contributed by atoms with van der Waals surface area (Å²) in [6.07, 6.45) is 0.281. The predicted molar refractivity (Wildman–Crippen MR) is 26.7 cm³/mol. The molecular formula is C4H6N2O2. The second-order valence-corrected chi connectivity index (χ2v) is 1.34. The van der Waals surface area contributed by atoms with E-state index in [2.05, 4.69) is 0 Å². The molecule has 0 N–H and O–H groups in total. The minimum Gasteiger partial charge on any atom is -0.263 e. The Labute approximate surface area is 46.9 Å². The SMILES string of the molecule is CCC(C#N)[N+](=O)[O-]. The van der Waals surface area contributed by atoms with E-state index in [0.717, 1.165) is 0 Å². The van der Waals surface area contributed by atoms with E-state index in [-0.39, 0.29) is 6.42 Å². The zero-order valence-electron chi connectivity index (χ0n) is 4.50. The average Bonchev–Trinajstić information content (AvgIpc) is 1.69. The van der Waals surface area contributed by atoms with Crippen LogP contribution < -0.4 is 0 Å². The summed E-state index contributed by atoms with van der Waals surface area (Å²) >= 11 is 0. The third-order valence-corrected chi connectivity index (χ3v) is 0.790. The van der Waals surface area contributed by atoms with Gasteiger partial charge in [0, 0.05) is 11.3 Å². The molecule has 44 valence electrons. The molecule has 4 heteroatoms. The molecule has 0 aromatic heterocycles. The number of hydrogen-bond donors (Lipinski definition) is 0. The quantitative estimate of drug-likeness (QED) is 0.389. The van der Waals surface area contributed by atoms with Gasteiger partial charge in [-0.3, -0.25) is 10.1 Å². The van der Waals surface area contributed by atoms with Gasteiger partial charge in [-0.05, 0) is 0 Å². The maximum absolute atomic E-state index is 9.74. The highest BCUT2D eigenvalue weighted by Crippen LogP contribution is 1.91. The van der Waals surface area contributed by atoms with Gasteiger partial charge in [0.1, 0.15) is 6.07 Å². The Kier molecular flexibility index (Phi) is 2.56. The van der Waals surface area contributed by atoms with Crippen molar-refractivity contribution in [3.63, 3.8) is 0 Å². The third-order valence-electron chi connectivity index (χ3n) is 0.790. The Hall–Kier alpha value is -1.11. The Morgan fingerprint density at radius 2 is 2.50 bits per heavy atom. The van der Waals surface area contributed by atoms with Crippen LogP contribution in [-0.4, -0.2) is 11.0 Å². The van der Waals surface area contributed by atoms with Gasteiger partial charge >= 0.3 is 0 Å². The smallest absolute Gasteiger partial charge is 0.263 e. The molecule has 1 unspecified atom stereocenters. The molecule has 0 saturated carbocycles. The van der Waals surface area contributed by atoms with Crippen LogP contribution in [0.25, 0.3) is 0 Å². The number of hydrogen-bond acceptors (Lipinski definition) is 3. The van der Waals surface area contributed by atoms with Gasteiger partial charge in [0.05, 0.1) is 0 Å². The largest absolute Gasteiger partial charge is 0.296 e. The van der Waals surface area contributed by atoms with Crippen LogP contribution >= 0.6 is 0 Å². The van der Waals surface area contributed by atoms with E-state index in [4.69, 9.17) is 5.26 Å². The molecule has 1 atom stereocenters. The summed E-state index contributed by atoms with van der Waals surface area (Å²) in [4.78, 5) is 9.16. The molecule has 8 heavy (non-hydrogen) atoms. The Morgan fingerprint density at radius 3 is 2.50 bits per heavy atom. The van der Waals surface area contributed by atoms with Gasteiger partial charge in [-0.1, -0.05) is 6.92 Å². The van der Waals surface area contributed by atoms with Gasteiger partial charge in [-0.15, -0.1) is 0 Å². The lowest BCUT2D eigenvalue weighted by Crippen LogP contribution is -2.14. The fourth-order valence-electron chi connectivity index (χ4n) is 0.287. The molecule has 0 rings (SSSR count). The highest BCUT2D eigenvalue weighted by molar-refractivity contribution is 4.80. The average molecular weight is 114 g/mol. The summed E-state index contributed by atoms with van der Waals surface area (Å²) in [5.74, 6) is 0. The van der Waals surface area contributed by atoms with Crippen LogP contribution in [0.4, 0.5) is 0 Å². The van der Waals surface area contributed by atoms with Crippen LogP contribution in [0.1, 0.15) is 13.3 Å². The minimum atomic E-state index is -1.02. The van der Waals surface area contributed by atoms with Crippen molar-refractivity contribution < 1.29 is 4.92 Å². The second-order valence-electron chi connectivity index (χ2n) is 1.34. The molecule has 0 aliphatic rings. The molecule has 0 amide bonds.